The second kappa shape index (κ2) is 7.52. The summed E-state index contributed by atoms with van der Waals surface area (Å²) < 4.78 is 24.7. The van der Waals surface area contributed by atoms with Gasteiger partial charge in [0.15, 0.2) is 9.84 Å². The molecule has 2 heterocycles. The van der Waals surface area contributed by atoms with E-state index in [1.165, 1.54) is 10.9 Å². The first-order valence-electron chi connectivity index (χ1n) is 7.69. The van der Waals surface area contributed by atoms with Gasteiger partial charge in [-0.1, -0.05) is 11.6 Å². The third-order valence-electron chi connectivity index (χ3n) is 3.61. The van der Waals surface area contributed by atoms with Crippen LogP contribution >= 0.6 is 11.6 Å². The number of hydrogen-bond donors (Lipinski definition) is 2. The van der Waals surface area contributed by atoms with Gasteiger partial charge in [0, 0.05) is 6.04 Å². The van der Waals surface area contributed by atoms with E-state index in [0.717, 1.165) is 0 Å². The number of amides is 2. The van der Waals surface area contributed by atoms with Crippen LogP contribution in [0, 0.1) is 6.92 Å². The van der Waals surface area contributed by atoms with Crippen LogP contribution in [-0.2, 0) is 19.4 Å². The lowest BCUT2D eigenvalue weighted by molar-refractivity contribution is -0.139. The number of carbonyl (C=O) groups excluding carboxylic acids is 2. The molecule has 0 unspecified atom stereocenters. The van der Waals surface area contributed by atoms with Gasteiger partial charge >= 0.3 is 11.8 Å². The van der Waals surface area contributed by atoms with E-state index in [4.69, 9.17) is 11.6 Å². The van der Waals surface area contributed by atoms with Crippen LogP contribution in [0.3, 0.4) is 0 Å². The molecule has 0 saturated carbocycles. The van der Waals surface area contributed by atoms with Gasteiger partial charge in [0.05, 0.1) is 35.0 Å². The normalized spacial score (nSPS) is 19.5. The number of hydrazone groups is 1. The minimum atomic E-state index is -3.07. The predicted octanol–water partition coefficient (Wildman–Crippen LogP) is 0.179. The number of halogens is 1. The quantitative estimate of drug-likeness (QED) is 0.432. The van der Waals surface area contributed by atoms with Gasteiger partial charge in [-0.3, -0.25) is 9.59 Å². The molecule has 11 heteroatoms. The van der Waals surface area contributed by atoms with E-state index in [0.29, 0.717) is 17.7 Å². The SMILES string of the molecule is Cc1nn([C@H]2CCS(=O)(=O)C2)c(Cl)c1/C=N\NC(=O)C(=O)NC(C)C. The Morgan fingerprint density at radius 1 is 1.40 bits per heavy atom. The molecule has 1 aliphatic rings. The predicted molar refractivity (Wildman–Crippen MR) is 93.3 cm³/mol. The summed E-state index contributed by atoms with van der Waals surface area (Å²) in [5.74, 6) is -1.58. The summed E-state index contributed by atoms with van der Waals surface area (Å²) in [5, 5.41) is 10.7. The second-order valence-corrected chi connectivity index (χ2v) is 8.71. The Hall–Kier alpha value is -1.94. The maximum Gasteiger partial charge on any atom is 0.329 e. The first kappa shape index (κ1) is 19.4. The average molecular weight is 390 g/mol. The van der Waals surface area contributed by atoms with Crippen molar-refractivity contribution in [3.8, 4) is 0 Å². The van der Waals surface area contributed by atoms with E-state index in [-0.39, 0.29) is 28.7 Å². The number of carbonyl (C=O) groups is 2. The van der Waals surface area contributed by atoms with Gasteiger partial charge in [-0.15, -0.1) is 0 Å². The van der Waals surface area contributed by atoms with Crippen LogP contribution in [0.1, 0.15) is 37.6 Å². The van der Waals surface area contributed by atoms with E-state index in [9.17, 15) is 18.0 Å². The Balaban J connectivity index is 2.08. The zero-order valence-electron chi connectivity index (χ0n) is 14.1. The van der Waals surface area contributed by atoms with E-state index in [1.54, 1.807) is 20.8 Å². The fourth-order valence-corrected chi connectivity index (χ4v) is 4.48. The first-order chi connectivity index (χ1) is 11.6. The minimum absolute atomic E-state index is 0.00344. The van der Waals surface area contributed by atoms with Crippen LogP contribution < -0.4 is 10.7 Å². The third kappa shape index (κ3) is 4.79. The van der Waals surface area contributed by atoms with Crippen molar-refractivity contribution in [1.82, 2.24) is 20.5 Å². The lowest BCUT2D eigenvalue weighted by atomic mass is 10.2. The fourth-order valence-electron chi connectivity index (χ4n) is 2.42. The molecular weight excluding hydrogens is 370 g/mol. The molecule has 138 valence electrons. The van der Waals surface area contributed by atoms with E-state index >= 15 is 0 Å². The summed E-state index contributed by atoms with van der Waals surface area (Å²) in [5.41, 5.74) is 3.10. The molecule has 25 heavy (non-hydrogen) atoms. The van der Waals surface area contributed by atoms with Crippen LogP contribution in [0.4, 0.5) is 0 Å². The Kier molecular flexibility index (Phi) is 5.83. The van der Waals surface area contributed by atoms with Crippen molar-refractivity contribution in [1.29, 1.82) is 0 Å². The molecule has 1 aromatic heterocycles. The molecule has 1 aliphatic heterocycles. The smallest absolute Gasteiger partial charge is 0.329 e. The van der Waals surface area contributed by atoms with E-state index in [1.807, 2.05) is 0 Å². The molecule has 0 aliphatic carbocycles. The van der Waals surface area contributed by atoms with Gasteiger partial charge in [0.2, 0.25) is 0 Å². The molecule has 0 bridgehead atoms. The Labute approximate surface area is 150 Å². The zero-order chi connectivity index (χ0) is 18.8. The van der Waals surface area contributed by atoms with Crippen molar-refractivity contribution in [2.24, 2.45) is 5.10 Å². The molecule has 1 atom stereocenters. The van der Waals surface area contributed by atoms with Crippen LogP contribution in [0.5, 0.6) is 0 Å². The molecular formula is C14H20ClN5O4S. The molecule has 2 amide bonds. The van der Waals surface area contributed by atoms with Crippen molar-refractivity contribution in [2.45, 2.75) is 39.3 Å². The van der Waals surface area contributed by atoms with Crippen LogP contribution in [0.25, 0.3) is 0 Å². The molecule has 9 nitrogen and oxygen atoms in total. The van der Waals surface area contributed by atoms with Gasteiger partial charge in [-0.2, -0.15) is 10.2 Å². The summed E-state index contributed by atoms with van der Waals surface area (Å²) in [4.78, 5) is 23.0. The molecule has 1 aromatic rings. The van der Waals surface area contributed by atoms with Crippen LogP contribution in [-0.4, -0.2) is 53.8 Å². The fraction of sp³-hybridized carbons (Fsp3) is 0.571. The Bertz CT molecular complexity index is 815. The summed E-state index contributed by atoms with van der Waals surface area (Å²) >= 11 is 6.27. The molecule has 1 fully saturated rings. The summed E-state index contributed by atoms with van der Waals surface area (Å²) in [6, 6.07) is -0.482. The highest BCUT2D eigenvalue weighted by molar-refractivity contribution is 7.91. The highest BCUT2D eigenvalue weighted by atomic mass is 35.5. The number of hydrogen-bond acceptors (Lipinski definition) is 6. The molecule has 0 aromatic carbocycles. The monoisotopic (exact) mass is 389 g/mol. The van der Waals surface area contributed by atoms with Gasteiger partial charge in [-0.25, -0.2) is 18.5 Å². The number of nitrogens with zero attached hydrogens (tertiary/aromatic N) is 3. The highest BCUT2D eigenvalue weighted by Crippen LogP contribution is 2.29. The number of rotatable bonds is 4. The molecule has 1 saturated heterocycles. The van der Waals surface area contributed by atoms with Crippen molar-refractivity contribution in [2.75, 3.05) is 11.5 Å². The lowest BCUT2D eigenvalue weighted by Gasteiger charge is -2.09. The van der Waals surface area contributed by atoms with Crippen LogP contribution in [0.15, 0.2) is 5.10 Å². The van der Waals surface area contributed by atoms with E-state index in [2.05, 4.69) is 20.9 Å². The summed E-state index contributed by atoms with van der Waals surface area (Å²) in [6.07, 6.45) is 1.73. The van der Waals surface area contributed by atoms with Gasteiger partial charge in [-0.05, 0) is 27.2 Å². The molecule has 0 spiro atoms. The van der Waals surface area contributed by atoms with Gasteiger partial charge < -0.3 is 5.32 Å². The third-order valence-corrected chi connectivity index (χ3v) is 5.74. The largest absolute Gasteiger partial charge is 0.346 e. The molecule has 0 radical (unpaired) electrons. The van der Waals surface area contributed by atoms with Crippen molar-refractivity contribution < 1.29 is 18.0 Å². The number of sulfone groups is 1. The molecule has 2 N–H and O–H groups in total. The average Bonchev–Trinajstić information content (AvgIpc) is 2.99. The van der Waals surface area contributed by atoms with E-state index < -0.39 is 21.7 Å². The highest BCUT2D eigenvalue weighted by Gasteiger charge is 2.31. The Morgan fingerprint density at radius 2 is 2.08 bits per heavy atom. The number of nitrogens with one attached hydrogen (secondary N) is 2. The van der Waals surface area contributed by atoms with Gasteiger partial charge in [0.1, 0.15) is 5.15 Å². The second-order valence-electron chi connectivity index (χ2n) is 6.12. The zero-order valence-corrected chi connectivity index (χ0v) is 15.7. The maximum absolute atomic E-state index is 11.6. The van der Waals surface area contributed by atoms with Crippen molar-refractivity contribution in [3.63, 3.8) is 0 Å². The van der Waals surface area contributed by atoms with Gasteiger partial charge in [0.25, 0.3) is 0 Å². The standard InChI is InChI=1S/C14H20ClN5O4S/c1-8(2)17-13(21)14(22)18-16-6-11-9(3)19-20(12(11)15)10-4-5-25(23,24)7-10/h6,8,10H,4-5,7H2,1-3H3,(H,17,21)(H,18,22)/b16-6-/t10-/m0/s1. The first-order valence-corrected chi connectivity index (χ1v) is 9.89. The Morgan fingerprint density at radius 3 is 2.64 bits per heavy atom. The maximum atomic E-state index is 11.6. The number of aryl methyl sites for hydroxylation is 1. The van der Waals surface area contributed by atoms with Crippen molar-refractivity contribution in [3.05, 3.63) is 16.4 Å². The summed E-state index contributed by atoms with van der Waals surface area (Å²) in [7, 11) is -3.07. The van der Waals surface area contributed by atoms with Crippen molar-refractivity contribution >= 4 is 39.5 Å². The summed E-state index contributed by atoms with van der Waals surface area (Å²) in [6.45, 7) is 5.16. The van der Waals surface area contributed by atoms with Crippen LogP contribution in [0.2, 0.25) is 5.15 Å². The lowest BCUT2D eigenvalue weighted by Crippen LogP contribution is -2.41. The molecule has 2 rings (SSSR count). The minimum Gasteiger partial charge on any atom is -0.346 e. The number of aromatic nitrogens is 2. The topological polar surface area (TPSA) is 123 Å².